The molecular weight excluding hydrogens is 362 g/mol. The normalized spacial score (nSPS) is 15.5. The summed E-state index contributed by atoms with van der Waals surface area (Å²) in [6.07, 6.45) is 1.59. The van der Waals surface area contributed by atoms with Crippen molar-refractivity contribution in [1.29, 1.82) is 0 Å². The summed E-state index contributed by atoms with van der Waals surface area (Å²) in [5.41, 5.74) is 6.77. The summed E-state index contributed by atoms with van der Waals surface area (Å²) in [4.78, 5) is 13.7. The lowest BCUT2D eigenvalue weighted by Crippen LogP contribution is -2.47. The number of ether oxygens (including phenoxy) is 2. The molecule has 0 unspecified atom stereocenters. The molecule has 0 radical (unpaired) electrons. The highest BCUT2D eigenvalue weighted by Crippen LogP contribution is 2.21. The van der Waals surface area contributed by atoms with Crippen LogP contribution in [0.1, 0.15) is 0 Å². The van der Waals surface area contributed by atoms with E-state index < -0.39 is 0 Å². The van der Waals surface area contributed by atoms with E-state index in [0.29, 0.717) is 36.4 Å². The molecule has 1 fully saturated rings. The Morgan fingerprint density at radius 3 is 2.75 bits per heavy atom. The highest BCUT2D eigenvalue weighted by atomic mass is 16.5. The smallest absolute Gasteiger partial charge is 0.225 e. The molecule has 0 aliphatic carbocycles. The number of furan rings is 1. The van der Waals surface area contributed by atoms with Crippen LogP contribution in [0, 0.1) is 0 Å². The summed E-state index contributed by atoms with van der Waals surface area (Å²) in [5.74, 6) is 2.23. The number of methoxy groups -OCH3 is 1. The highest BCUT2D eigenvalue weighted by molar-refractivity contribution is 5.59. The predicted molar refractivity (Wildman–Crippen MR) is 104 cm³/mol. The van der Waals surface area contributed by atoms with Crippen molar-refractivity contribution in [3.63, 3.8) is 0 Å². The molecule has 10 nitrogen and oxygen atoms in total. The van der Waals surface area contributed by atoms with Crippen LogP contribution in [-0.4, -0.2) is 84.1 Å². The predicted octanol–water partition coefficient (Wildman–Crippen LogP) is 0.752. The van der Waals surface area contributed by atoms with Crippen molar-refractivity contribution in [3.05, 3.63) is 24.5 Å². The van der Waals surface area contributed by atoms with E-state index in [0.717, 1.165) is 45.1 Å². The van der Waals surface area contributed by atoms with Crippen molar-refractivity contribution in [2.75, 3.05) is 70.3 Å². The summed E-state index contributed by atoms with van der Waals surface area (Å²) >= 11 is 0. The molecule has 0 bridgehead atoms. The number of hydrogen-bond acceptors (Lipinski definition) is 9. The molecular formula is C18H25N7O3. The van der Waals surface area contributed by atoms with Crippen LogP contribution in [-0.2, 0) is 9.47 Å². The standard InChI is InChI=1S/C18H25N7O3/c1-26-11-12-27-10-8-23-4-6-24(7-5-23)15-13-16-20-17(14-3-2-9-28-14)22-25(16)18(19)21-15/h2-3,9,13H,4-8,10-12H2,1H3,(H2,19,21). The first-order valence-corrected chi connectivity index (χ1v) is 9.36. The SMILES string of the molecule is COCCOCCN1CCN(c2cc3nc(-c4ccco4)nn3c(N)n2)CC1. The van der Waals surface area contributed by atoms with Crippen LogP contribution in [0.2, 0.25) is 0 Å². The van der Waals surface area contributed by atoms with E-state index in [4.69, 9.17) is 19.6 Å². The van der Waals surface area contributed by atoms with Gasteiger partial charge in [-0.2, -0.15) is 9.50 Å². The third kappa shape index (κ3) is 4.08. The Bertz CT molecular complexity index is 888. The first-order valence-electron chi connectivity index (χ1n) is 9.36. The van der Waals surface area contributed by atoms with Crippen LogP contribution in [0.4, 0.5) is 11.8 Å². The lowest BCUT2D eigenvalue weighted by atomic mass is 10.3. The molecule has 3 aromatic heterocycles. The zero-order valence-corrected chi connectivity index (χ0v) is 16.0. The topological polar surface area (TPSA) is 107 Å². The molecule has 1 aliphatic heterocycles. The van der Waals surface area contributed by atoms with Gasteiger partial charge in [-0.05, 0) is 12.1 Å². The van der Waals surface area contributed by atoms with Gasteiger partial charge in [-0.25, -0.2) is 4.98 Å². The van der Waals surface area contributed by atoms with Crippen LogP contribution in [0.15, 0.2) is 28.9 Å². The molecule has 4 rings (SSSR count). The first-order chi connectivity index (χ1) is 13.7. The quantitative estimate of drug-likeness (QED) is 0.560. The van der Waals surface area contributed by atoms with Gasteiger partial charge in [-0.15, -0.1) is 5.10 Å². The Morgan fingerprint density at radius 2 is 2.00 bits per heavy atom. The van der Waals surface area contributed by atoms with E-state index in [1.807, 2.05) is 12.1 Å². The van der Waals surface area contributed by atoms with Crippen LogP contribution in [0.3, 0.4) is 0 Å². The minimum Gasteiger partial charge on any atom is -0.461 e. The average molecular weight is 387 g/mol. The van der Waals surface area contributed by atoms with Gasteiger partial charge in [0.25, 0.3) is 0 Å². The van der Waals surface area contributed by atoms with Gasteiger partial charge >= 0.3 is 0 Å². The number of fused-ring (bicyclic) bond motifs is 1. The maximum Gasteiger partial charge on any atom is 0.225 e. The lowest BCUT2D eigenvalue weighted by Gasteiger charge is -2.35. The molecule has 2 N–H and O–H groups in total. The van der Waals surface area contributed by atoms with Crippen molar-refractivity contribution >= 4 is 17.4 Å². The minimum atomic E-state index is 0.312. The van der Waals surface area contributed by atoms with E-state index in [2.05, 4.69) is 24.9 Å². The number of nitrogens with two attached hydrogens (primary N) is 1. The molecule has 150 valence electrons. The van der Waals surface area contributed by atoms with Gasteiger partial charge in [0.2, 0.25) is 11.8 Å². The van der Waals surface area contributed by atoms with Gasteiger partial charge < -0.3 is 24.5 Å². The number of aromatic nitrogens is 4. The molecule has 28 heavy (non-hydrogen) atoms. The lowest BCUT2D eigenvalue weighted by molar-refractivity contribution is 0.0563. The Kier molecular flexibility index (Phi) is 5.70. The van der Waals surface area contributed by atoms with Gasteiger partial charge in [0, 0.05) is 45.9 Å². The molecule has 4 heterocycles. The van der Waals surface area contributed by atoms with Crippen molar-refractivity contribution < 1.29 is 13.9 Å². The van der Waals surface area contributed by atoms with Crippen molar-refractivity contribution in [3.8, 4) is 11.6 Å². The van der Waals surface area contributed by atoms with E-state index >= 15 is 0 Å². The maximum atomic E-state index is 6.12. The summed E-state index contributed by atoms with van der Waals surface area (Å²) in [5, 5.41) is 4.38. The van der Waals surface area contributed by atoms with Crippen molar-refractivity contribution in [2.24, 2.45) is 0 Å². The Balaban J connectivity index is 1.38. The summed E-state index contributed by atoms with van der Waals surface area (Å²) in [7, 11) is 1.68. The number of piperazine rings is 1. The second-order valence-electron chi connectivity index (χ2n) is 6.59. The van der Waals surface area contributed by atoms with Crippen LogP contribution >= 0.6 is 0 Å². The Morgan fingerprint density at radius 1 is 1.14 bits per heavy atom. The summed E-state index contributed by atoms with van der Waals surface area (Å²) in [6, 6.07) is 5.53. The van der Waals surface area contributed by atoms with Crippen molar-refractivity contribution in [2.45, 2.75) is 0 Å². The van der Waals surface area contributed by atoms with Crippen LogP contribution in [0.5, 0.6) is 0 Å². The summed E-state index contributed by atoms with van der Waals surface area (Å²) in [6.45, 7) is 6.56. The number of anilines is 2. The molecule has 0 aromatic carbocycles. The fourth-order valence-corrected chi connectivity index (χ4v) is 3.21. The molecule has 1 aliphatic rings. The number of nitrogen functional groups attached to an aromatic ring is 1. The number of hydrogen-bond donors (Lipinski definition) is 1. The minimum absolute atomic E-state index is 0.312. The Hall–Kier alpha value is -2.69. The second-order valence-corrected chi connectivity index (χ2v) is 6.59. The maximum absolute atomic E-state index is 6.12. The molecule has 3 aromatic rings. The third-order valence-electron chi connectivity index (χ3n) is 4.76. The van der Waals surface area contributed by atoms with E-state index in [1.54, 1.807) is 19.4 Å². The van der Waals surface area contributed by atoms with Crippen LogP contribution in [0.25, 0.3) is 17.2 Å². The average Bonchev–Trinajstić information content (AvgIpc) is 3.38. The fourth-order valence-electron chi connectivity index (χ4n) is 3.21. The molecule has 10 heteroatoms. The largest absolute Gasteiger partial charge is 0.461 e. The second kappa shape index (κ2) is 8.55. The van der Waals surface area contributed by atoms with Gasteiger partial charge in [0.05, 0.1) is 26.1 Å². The fraction of sp³-hybridized carbons (Fsp3) is 0.500. The number of rotatable bonds is 8. The zero-order valence-electron chi connectivity index (χ0n) is 16.0. The molecule has 1 saturated heterocycles. The first kappa shape index (κ1) is 18.7. The van der Waals surface area contributed by atoms with Gasteiger partial charge in [0.1, 0.15) is 5.82 Å². The van der Waals surface area contributed by atoms with Crippen molar-refractivity contribution in [1.82, 2.24) is 24.5 Å². The highest BCUT2D eigenvalue weighted by Gasteiger charge is 2.20. The van der Waals surface area contributed by atoms with E-state index in [1.165, 1.54) is 4.52 Å². The van der Waals surface area contributed by atoms with E-state index in [9.17, 15) is 0 Å². The molecule has 0 amide bonds. The zero-order chi connectivity index (χ0) is 19.3. The number of nitrogens with zero attached hydrogens (tertiary/aromatic N) is 6. The molecule has 0 atom stereocenters. The third-order valence-corrected chi connectivity index (χ3v) is 4.76. The van der Waals surface area contributed by atoms with E-state index in [-0.39, 0.29) is 0 Å². The summed E-state index contributed by atoms with van der Waals surface area (Å²) < 4.78 is 17.4. The van der Waals surface area contributed by atoms with Gasteiger partial charge in [-0.1, -0.05) is 0 Å². The molecule has 0 spiro atoms. The monoisotopic (exact) mass is 387 g/mol. The van der Waals surface area contributed by atoms with Gasteiger partial charge in [-0.3, -0.25) is 4.90 Å². The van der Waals surface area contributed by atoms with Gasteiger partial charge in [0.15, 0.2) is 11.4 Å². The molecule has 0 saturated carbocycles. The van der Waals surface area contributed by atoms with Crippen LogP contribution < -0.4 is 10.6 Å². The Labute approximate surface area is 162 Å².